The molecule has 0 spiro atoms. The number of amides is 2. The van der Waals surface area contributed by atoms with Gasteiger partial charge in [0.25, 0.3) is 11.6 Å². The van der Waals surface area contributed by atoms with Crippen molar-refractivity contribution in [1.82, 2.24) is 16.0 Å². The van der Waals surface area contributed by atoms with Gasteiger partial charge >= 0.3 is 12.4 Å². The average molecular weight is 602 g/mol. The van der Waals surface area contributed by atoms with Gasteiger partial charge in [0, 0.05) is 25.8 Å². The van der Waals surface area contributed by atoms with E-state index in [1.54, 1.807) is 0 Å². The van der Waals surface area contributed by atoms with Crippen molar-refractivity contribution in [3.8, 4) is 0 Å². The van der Waals surface area contributed by atoms with Crippen LogP contribution in [0.2, 0.25) is 0 Å². The smallest absolute Gasteiger partial charge is 0.369 e. The van der Waals surface area contributed by atoms with Crippen molar-refractivity contribution in [2.24, 2.45) is 0 Å². The summed E-state index contributed by atoms with van der Waals surface area (Å²) in [5.74, 6) is -3.25. The minimum absolute atomic E-state index is 0.0350. The fraction of sp³-hybridized carbons (Fsp3) is 0.565. The molecule has 1 rings (SSSR count). The molecule has 1 atom stereocenters. The van der Waals surface area contributed by atoms with E-state index in [1.807, 2.05) is 0 Å². The number of hydrogen-bond donors (Lipinski definition) is 4. The molecular formula is C23H29F6N5O7. The van der Waals surface area contributed by atoms with Gasteiger partial charge in [0.2, 0.25) is 12.0 Å². The molecule has 0 aliphatic heterocycles. The number of carbonyl (C=O) groups is 3. The molecule has 2 amide bonds. The van der Waals surface area contributed by atoms with Gasteiger partial charge in [0.15, 0.2) is 11.7 Å². The summed E-state index contributed by atoms with van der Waals surface area (Å²) in [4.78, 5) is 47.0. The van der Waals surface area contributed by atoms with Crippen molar-refractivity contribution in [1.29, 1.82) is 5.41 Å². The highest BCUT2D eigenvalue weighted by Gasteiger charge is 2.58. The lowest BCUT2D eigenvalue weighted by Crippen LogP contribution is -2.52. The number of nitro groups is 1. The molecule has 0 saturated heterocycles. The van der Waals surface area contributed by atoms with E-state index in [4.69, 9.17) is 10.1 Å². The Morgan fingerprint density at radius 3 is 2.10 bits per heavy atom. The van der Waals surface area contributed by atoms with E-state index in [1.165, 1.54) is 45.2 Å². The number of nitrogens with one attached hydrogen (secondary N) is 4. The van der Waals surface area contributed by atoms with E-state index in [0.29, 0.717) is 5.56 Å². The lowest BCUT2D eigenvalue weighted by molar-refractivity contribution is -0.384. The summed E-state index contributed by atoms with van der Waals surface area (Å²) < 4.78 is 85.2. The van der Waals surface area contributed by atoms with Crippen LogP contribution in [0.1, 0.15) is 32.3 Å². The quantitative estimate of drug-likeness (QED) is 0.0629. The van der Waals surface area contributed by atoms with Gasteiger partial charge in [-0.25, -0.2) is 0 Å². The number of nitrogens with zero attached hydrogens (tertiary/aromatic N) is 1. The van der Waals surface area contributed by atoms with E-state index in [9.17, 15) is 50.8 Å². The summed E-state index contributed by atoms with van der Waals surface area (Å²) in [6.07, 6.45) is -16.4. The zero-order valence-corrected chi connectivity index (χ0v) is 22.1. The van der Waals surface area contributed by atoms with E-state index in [2.05, 4.69) is 20.7 Å². The Kier molecular flexibility index (Phi) is 12.6. The lowest BCUT2D eigenvalue weighted by atomic mass is 10.0. The fourth-order valence-electron chi connectivity index (χ4n) is 3.05. The van der Waals surface area contributed by atoms with Crippen LogP contribution in [0.15, 0.2) is 24.3 Å². The Hall–Kier alpha value is -3.80. The number of halogens is 6. The lowest BCUT2D eigenvalue weighted by Gasteiger charge is -2.27. The first-order valence-corrected chi connectivity index (χ1v) is 11.8. The molecule has 1 aromatic rings. The normalized spacial score (nSPS) is 12.9. The molecule has 0 radical (unpaired) electrons. The summed E-state index contributed by atoms with van der Waals surface area (Å²) in [5.41, 5.74) is -1.24. The highest BCUT2D eigenvalue weighted by Crippen LogP contribution is 2.35. The largest absolute Gasteiger partial charge is 0.423 e. The number of benzene rings is 1. The van der Waals surface area contributed by atoms with E-state index < -0.39 is 65.2 Å². The zero-order chi connectivity index (χ0) is 31.6. The molecule has 0 aromatic heterocycles. The molecule has 0 heterocycles. The van der Waals surface area contributed by atoms with Gasteiger partial charge in [-0.1, -0.05) is 12.1 Å². The highest BCUT2D eigenvalue weighted by atomic mass is 19.4. The summed E-state index contributed by atoms with van der Waals surface area (Å²) >= 11 is 0. The second-order valence-corrected chi connectivity index (χ2v) is 9.07. The highest BCUT2D eigenvalue weighted by molar-refractivity contribution is 5.96. The summed E-state index contributed by atoms with van der Waals surface area (Å²) in [6.45, 7) is 0.917. The molecule has 41 heavy (non-hydrogen) atoms. The molecule has 18 heteroatoms. The summed E-state index contributed by atoms with van der Waals surface area (Å²) in [6, 6.07) is 3.56. The molecule has 0 aliphatic rings. The van der Waals surface area contributed by atoms with Crippen LogP contribution in [0, 0.1) is 15.5 Å². The topological polar surface area (TPSA) is 173 Å². The van der Waals surface area contributed by atoms with Crippen molar-refractivity contribution < 1.29 is 55.1 Å². The van der Waals surface area contributed by atoms with Crippen molar-refractivity contribution in [2.45, 2.75) is 63.2 Å². The first kappa shape index (κ1) is 35.2. The molecule has 0 saturated carbocycles. The second-order valence-electron chi connectivity index (χ2n) is 9.07. The van der Waals surface area contributed by atoms with Crippen LogP contribution in [-0.2, 0) is 30.3 Å². The number of rotatable bonds is 14. The zero-order valence-electron chi connectivity index (χ0n) is 22.1. The average Bonchev–Trinajstić information content (AvgIpc) is 2.84. The fourth-order valence-corrected chi connectivity index (χ4v) is 3.05. The third-order valence-electron chi connectivity index (χ3n) is 5.49. The van der Waals surface area contributed by atoms with Crippen molar-refractivity contribution in [3.05, 3.63) is 39.9 Å². The van der Waals surface area contributed by atoms with Gasteiger partial charge < -0.3 is 20.1 Å². The number of carbonyl (C=O) groups excluding carboxylic acids is 3. The van der Waals surface area contributed by atoms with Crippen LogP contribution in [0.4, 0.5) is 32.0 Å². The molecule has 0 fully saturated rings. The maximum absolute atomic E-state index is 12.7. The SMILES string of the molecule is COC(C)(C)C(=O)NC(CCCNC(=N)NC(=O)Cc1ccc([N+](=O)[O-])cc1)C(=O)COC(C(F)(F)F)C(F)(F)F. The molecule has 12 nitrogen and oxygen atoms in total. The van der Waals surface area contributed by atoms with Crippen LogP contribution in [-0.4, -0.2) is 78.8 Å². The molecular weight excluding hydrogens is 572 g/mol. The number of non-ortho nitro benzene ring substituents is 1. The number of alkyl halides is 6. The van der Waals surface area contributed by atoms with Crippen molar-refractivity contribution in [2.75, 3.05) is 20.3 Å². The van der Waals surface area contributed by atoms with E-state index in [0.717, 1.165) is 0 Å². The first-order valence-electron chi connectivity index (χ1n) is 11.8. The number of guanidine groups is 1. The molecule has 1 unspecified atom stereocenters. The number of nitro benzene ring substituents is 1. The third kappa shape index (κ3) is 12.1. The van der Waals surface area contributed by atoms with Crippen LogP contribution >= 0.6 is 0 Å². The minimum atomic E-state index is -5.83. The number of hydrogen-bond acceptors (Lipinski definition) is 8. The molecule has 0 bridgehead atoms. The molecule has 0 aliphatic carbocycles. The molecule has 4 N–H and O–H groups in total. The Morgan fingerprint density at radius 1 is 1.05 bits per heavy atom. The van der Waals surface area contributed by atoms with Gasteiger partial charge in [0.1, 0.15) is 12.2 Å². The number of Topliss-reactive ketones (excluding diaryl/α,β-unsaturated/α-hetero) is 1. The van der Waals surface area contributed by atoms with E-state index >= 15 is 0 Å². The Morgan fingerprint density at radius 2 is 1.61 bits per heavy atom. The van der Waals surface area contributed by atoms with Crippen molar-refractivity contribution >= 4 is 29.2 Å². The van der Waals surface area contributed by atoms with Crippen LogP contribution in [0.5, 0.6) is 0 Å². The predicted molar refractivity (Wildman–Crippen MR) is 130 cm³/mol. The van der Waals surface area contributed by atoms with Crippen LogP contribution in [0.3, 0.4) is 0 Å². The second kappa shape index (κ2) is 14.7. The van der Waals surface area contributed by atoms with E-state index in [-0.39, 0.29) is 31.5 Å². The third-order valence-corrected chi connectivity index (χ3v) is 5.49. The number of ketones is 1. The maximum atomic E-state index is 12.7. The Bertz CT molecular complexity index is 1080. The van der Waals surface area contributed by atoms with Crippen molar-refractivity contribution in [3.63, 3.8) is 0 Å². The van der Waals surface area contributed by atoms with Crippen LogP contribution < -0.4 is 16.0 Å². The Labute approximate surface area is 229 Å². The summed E-state index contributed by atoms with van der Waals surface area (Å²) in [7, 11) is 1.17. The van der Waals surface area contributed by atoms with Gasteiger partial charge in [-0.2, -0.15) is 26.3 Å². The summed E-state index contributed by atoms with van der Waals surface area (Å²) in [5, 5.41) is 25.4. The van der Waals surface area contributed by atoms with Gasteiger partial charge in [-0.05, 0) is 32.3 Å². The molecule has 1 aromatic carbocycles. The monoisotopic (exact) mass is 601 g/mol. The first-order chi connectivity index (χ1) is 18.8. The Balaban J connectivity index is 2.72. The maximum Gasteiger partial charge on any atom is 0.423 e. The standard InChI is InChI=1S/C23H29F6N5O7/c1-21(2,40-3)19(37)32-15(16(35)12-41-18(22(24,25)26)23(27,28)29)5-4-10-31-20(30)33-17(36)11-13-6-8-14(9-7-13)34(38)39/h6-9,15,18H,4-5,10-12H2,1-3H3,(H,32,37)(H3,30,31,33,36). The number of ether oxygens (including phenoxy) is 2. The molecule has 230 valence electrons. The predicted octanol–water partition coefficient (Wildman–Crippen LogP) is 2.55. The minimum Gasteiger partial charge on any atom is -0.369 e. The number of methoxy groups -OCH3 is 1. The van der Waals surface area contributed by atoms with Gasteiger partial charge in [0.05, 0.1) is 17.4 Å². The van der Waals surface area contributed by atoms with Gasteiger partial charge in [-0.15, -0.1) is 0 Å². The van der Waals surface area contributed by atoms with Crippen LogP contribution in [0.25, 0.3) is 0 Å². The van der Waals surface area contributed by atoms with Gasteiger partial charge in [-0.3, -0.25) is 35.2 Å².